The molecule has 1 unspecified atom stereocenters. The number of rotatable bonds is 17. The summed E-state index contributed by atoms with van der Waals surface area (Å²) in [6.45, 7) is 0.750. The number of nitrogens with one attached hydrogen (secondary N) is 3. The van der Waals surface area contributed by atoms with Crippen molar-refractivity contribution in [3.63, 3.8) is 0 Å². The monoisotopic (exact) mass is 679 g/mol. The van der Waals surface area contributed by atoms with Crippen LogP contribution in [-0.4, -0.2) is 60.5 Å². The molecule has 0 heterocycles. The molecule has 2 aliphatic rings. The Balaban J connectivity index is 1.92. The second-order valence-electron chi connectivity index (χ2n) is 13.1. The number of carbonyl (C=O) groups excluding carboxylic acids is 3. The number of amides is 2. The molecule has 2 saturated carbocycles. The molecule has 1 aromatic rings. The zero-order valence-corrected chi connectivity index (χ0v) is 27.9. The zero-order valence-electron chi connectivity index (χ0n) is 27.9. The lowest BCUT2D eigenvalue weighted by Crippen LogP contribution is -2.67. The summed E-state index contributed by atoms with van der Waals surface area (Å²) in [6.07, 6.45) is 7.88. The van der Waals surface area contributed by atoms with Crippen molar-refractivity contribution in [2.45, 2.75) is 115 Å². The summed E-state index contributed by atoms with van der Waals surface area (Å²) in [6, 6.07) is 5.66. The number of halogens is 3. The van der Waals surface area contributed by atoms with Gasteiger partial charge in [0.1, 0.15) is 11.9 Å². The number of unbranched alkanes of at least 4 members (excludes halogenated alkanes) is 1. The van der Waals surface area contributed by atoms with Gasteiger partial charge in [0.2, 0.25) is 11.8 Å². The molecule has 0 saturated heterocycles. The van der Waals surface area contributed by atoms with Gasteiger partial charge in [-0.3, -0.25) is 20.0 Å². The number of aliphatic imine (C=N–C) groups is 1. The Labute approximate surface area is 280 Å². The first-order valence-electron chi connectivity index (χ1n) is 17.1. The van der Waals surface area contributed by atoms with Crippen LogP contribution >= 0.6 is 0 Å². The van der Waals surface area contributed by atoms with E-state index in [2.05, 4.69) is 10.3 Å². The minimum absolute atomic E-state index is 0.00924. The Morgan fingerprint density at radius 3 is 2.06 bits per heavy atom. The van der Waals surface area contributed by atoms with Gasteiger partial charge in [-0.05, 0) is 55.9 Å². The molecule has 11 nitrogen and oxygen atoms in total. The van der Waals surface area contributed by atoms with Crippen LogP contribution in [0.2, 0.25) is 0 Å². The van der Waals surface area contributed by atoms with E-state index >= 15 is 13.2 Å². The molecule has 2 aliphatic carbocycles. The van der Waals surface area contributed by atoms with E-state index < -0.39 is 66.3 Å². The molecule has 3 rings (SSSR count). The van der Waals surface area contributed by atoms with E-state index in [0.717, 1.165) is 56.9 Å². The Morgan fingerprint density at radius 1 is 0.938 bits per heavy atom. The van der Waals surface area contributed by atoms with Gasteiger partial charge in [0.05, 0.1) is 6.61 Å². The molecule has 0 aromatic heterocycles. The second-order valence-corrected chi connectivity index (χ2v) is 13.1. The quantitative estimate of drug-likeness (QED) is 0.0466. The first-order valence-corrected chi connectivity index (χ1v) is 17.1. The van der Waals surface area contributed by atoms with E-state index in [1.165, 1.54) is 0 Å². The molecule has 9 N–H and O–H groups in total. The first kappa shape index (κ1) is 38.6. The van der Waals surface area contributed by atoms with E-state index in [0.29, 0.717) is 37.7 Å². The average molecular weight is 680 g/mol. The van der Waals surface area contributed by atoms with Gasteiger partial charge < -0.3 is 32.6 Å². The summed E-state index contributed by atoms with van der Waals surface area (Å²) in [5.74, 6) is -13.9. The fourth-order valence-corrected chi connectivity index (χ4v) is 6.66. The predicted octanol–water partition coefficient (Wildman–Crippen LogP) is 4.20. The number of hydrogen-bond acceptors (Lipinski definition) is 6. The van der Waals surface area contributed by atoms with Crippen molar-refractivity contribution in [3.8, 4) is 0 Å². The maximum atomic E-state index is 16.5. The Morgan fingerprint density at radius 2 is 1.52 bits per heavy atom. The van der Waals surface area contributed by atoms with Crippen molar-refractivity contribution in [1.82, 2.24) is 10.6 Å². The topological polar surface area (TPSA) is 199 Å². The minimum atomic E-state index is -4.46. The normalized spacial score (nSPS) is 18.5. The van der Waals surface area contributed by atoms with E-state index in [9.17, 15) is 14.4 Å². The van der Waals surface area contributed by atoms with Crippen LogP contribution in [0.15, 0.2) is 29.3 Å². The molecular formula is C34H52F3N7O4. The van der Waals surface area contributed by atoms with Crippen LogP contribution in [0.1, 0.15) is 102 Å². The van der Waals surface area contributed by atoms with Crippen LogP contribution in [0.5, 0.6) is 0 Å². The number of guanidine groups is 1. The number of nitrogens with zero attached hydrogens (tertiary/aromatic N) is 1. The minimum Gasteiger partial charge on any atom is -0.462 e. The summed E-state index contributed by atoms with van der Waals surface area (Å²) >= 11 is 0. The van der Waals surface area contributed by atoms with Gasteiger partial charge in [-0.15, -0.1) is 0 Å². The molecule has 0 radical (unpaired) electrons. The number of alkyl halides is 3. The van der Waals surface area contributed by atoms with Crippen molar-refractivity contribution >= 4 is 29.6 Å². The Bertz CT molecular complexity index is 1260. The molecular weight excluding hydrogens is 627 g/mol. The molecule has 3 atom stereocenters. The number of benzene rings is 1. The number of nitrogens with two attached hydrogens (primary N) is 3. The molecule has 2 fully saturated rings. The smallest absolute Gasteiger partial charge is 0.371 e. The van der Waals surface area contributed by atoms with Gasteiger partial charge >= 0.3 is 17.7 Å². The van der Waals surface area contributed by atoms with Crippen molar-refractivity contribution in [2.75, 3.05) is 13.2 Å². The highest BCUT2D eigenvalue weighted by molar-refractivity contribution is 5.95. The van der Waals surface area contributed by atoms with E-state index in [1.807, 2.05) is 0 Å². The summed E-state index contributed by atoms with van der Waals surface area (Å²) in [7, 11) is 0. The summed E-state index contributed by atoms with van der Waals surface area (Å²) in [4.78, 5) is 44.5. The van der Waals surface area contributed by atoms with Crippen LogP contribution in [0.25, 0.3) is 0 Å². The number of amidine groups is 1. The third-order valence-electron chi connectivity index (χ3n) is 9.51. The van der Waals surface area contributed by atoms with Crippen molar-refractivity contribution in [2.24, 2.45) is 39.9 Å². The zero-order chi connectivity index (χ0) is 35.3. The lowest BCUT2D eigenvalue weighted by molar-refractivity contribution is -0.201. The fraction of sp³-hybridized carbons (Fsp3) is 0.676. The van der Waals surface area contributed by atoms with Crippen LogP contribution in [0.3, 0.4) is 0 Å². The summed E-state index contributed by atoms with van der Waals surface area (Å²) < 4.78 is 52.4. The van der Waals surface area contributed by atoms with E-state index in [-0.39, 0.29) is 18.4 Å². The van der Waals surface area contributed by atoms with Crippen molar-refractivity contribution in [3.05, 3.63) is 35.4 Å². The Kier molecular flexibility index (Phi) is 14.5. The van der Waals surface area contributed by atoms with Crippen LogP contribution in [0.4, 0.5) is 13.2 Å². The second kappa shape index (κ2) is 18.1. The molecule has 268 valence electrons. The maximum Gasteiger partial charge on any atom is 0.371 e. The highest BCUT2D eigenvalue weighted by atomic mass is 19.3. The number of hydrogen-bond donors (Lipinski definition) is 6. The highest BCUT2D eigenvalue weighted by Gasteiger charge is 2.63. The molecule has 14 heteroatoms. The van der Waals surface area contributed by atoms with Gasteiger partial charge in [-0.2, -0.15) is 4.39 Å². The lowest BCUT2D eigenvalue weighted by Gasteiger charge is -2.37. The summed E-state index contributed by atoms with van der Waals surface area (Å²) in [5.41, 5.74) is 17.5. The van der Waals surface area contributed by atoms with E-state index in [4.69, 9.17) is 27.3 Å². The highest BCUT2D eigenvalue weighted by Crippen LogP contribution is 2.37. The first-order chi connectivity index (χ1) is 22.8. The average Bonchev–Trinajstić information content (AvgIpc) is 3.06. The molecule has 48 heavy (non-hydrogen) atoms. The van der Waals surface area contributed by atoms with Crippen LogP contribution < -0.4 is 27.8 Å². The predicted molar refractivity (Wildman–Crippen MR) is 178 cm³/mol. The van der Waals surface area contributed by atoms with Gasteiger partial charge in [0.25, 0.3) is 0 Å². The molecule has 0 spiro atoms. The summed E-state index contributed by atoms with van der Waals surface area (Å²) in [5, 5.41) is 12.2. The Hall–Kier alpha value is -3.84. The van der Waals surface area contributed by atoms with Crippen LogP contribution in [-0.2, 0) is 25.5 Å². The molecule has 0 bridgehead atoms. The van der Waals surface area contributed by atoms with E-state index in [1.54, 1.807) is 36.5 Å². The van der Waals surface area contributed by atoms with Gasteiger partial charge in [-0.1, -0.05) is 76.1 Å². The molecule has 0 aliphatic heterocycles. The van der Waals surface area contributed by atoms with Gasteiger partial charge in [0.15, 0.2) is 5.96 Å². The van der Waals surface area contributed by atoms with Crippen molar-refractivity contribution < 1.29 is 32.3 Å². The molecule has 1 aromatic carbocycles. The number of ether oxygens (including phenoxy) is 1. The lowest BCUT2D eigenvalue weighted by atomic mass is 9.76. The third kappa shape index (κ3) is 10.6. The third-order valence-corrected chi connectivity index (χ3v) is 9.51. The fourth-order valence-electron chi connectivity index (χ4n) is 6.66. The number of esters is 1. The number of carbonyl (C=O) groups is 3. The SMILES string of the molecule is CCCCOC(=O)[C@@](F)(NC(=O)[C@@H](NC(=O)C(Cc1ccc(C(=N)N)cc1)C1CCCCC1)C1CCCCC1)C(F)(F)CCN=C(N)N. The largest absolute Gasteiger partial charge is 0.462 e. The van der Waals surface area contributed by atoms with Crippen LogP contribution in [0, 0.1) is 23.2 Å². The standard InChI is InChI=1S/C34H52F3N7O4/c1-2-3-20-48-31(47)34(37,33(35,36)18-19-42-32(40)41)44-30(46)27(24-12-8-5-9-13-24)43-29(45)26(23-10-6-4-7-11-23)21-22-14-16-25(17-15-22)28(38)39/h14-17,23-24,26-27H,2-13,18-21H2,1H3,(H3,38,39)(H,43,45)(H,44,46)(H4,40,41,42)/t26?,27-,34+/m0/s1. The molecule has 2 amide bonds. The maximum absolute atomic E-state index is 16.5. The van der Waals surface area contributed by atoms with Gasteiger partial charge in [-0.25, -0.2) is 13.6 Å². The number of nitrogen functional groups attached to an aromatic ring is 1. The van der Waals surface area contributed by atoms with Crippen molar-refractivity contribution in [1.29, 1.82) is 5.41 Å². The van der Waals surface area contributed by atoms with Gasteiger partial charge in [0, 0.05) is 24.4 Å².